The number of hydrogen-bond donors (Lipinski definition) is 1. The largest absolute Gasteiger partial charge is 0.453 e. The average molecular weight is 335 g/mol. The molecule has 22 heavy (non-hydrogen) atoms. The van der Waals surface area contributed by atoms with E-state index in [1.165, 1.54) is 0 Å². The van der Waals surface area contributed by atoms with E-state index in [4.69, 9.17) is 16.3 Å². The molecular formula is C15H11ClN2O3S. The van der Waals surface area contributed by atoms with Crippen molar-refractivity contribution in [2.75, 3.05) is 0 Å². The number of halogens is 1. The highest BCUT2D eigenvalue weighted by Crippen LogP contribution is 2.22. The quantitative estimate of drug-likeness (QED) is 0.746. The Hall–Kier alpha value is -2.18. The molecule has 0 fully saturated rings. The summed E-state index contributed by atoms with van der Waals surface area (Å²) < 4.78 is 5.67. The van der Waals surface area contributed by atoms with Gasteiger partial charge in [0.1, 0.15) is 17.3 Å². The van der Waals surface area contributed by atoms with Gasteiger partial charge in [-0.15, -0.1) is 11.3 Å². The first-order valence-corrected chi connectivity index (χ1v) is 7.65. The van der Waals surface area contributed by atoms with Gasteiger partial charge in [0.25, 0.3) is 5.56 Å². The number of hydrogen-bond acceptors (Lipinski definition) is 5. The Morgan fingerprint density at radius 2 is 2.18 bits per heavy atom. The van der Waals surface area contributed by atoms with Crippen molar-refractivity contribution >= 4 is 39.8 Å². The first-order chi connectivity index (χ1) is 10.5. The van der Waals surface area contributed by atoms with Gasteiger partial charge in [0.2, 0.25) is 0 Å². The Labute approximate surface area is 134 Å². The first-order valence-electron chi connectivity index (χ1n) is 6.45. The van der Waals surface area contributed by atoms with E-state index in [9.17, 15) is 9.59 Å². The van der Waals surface area contributed by atoms with E-state index in [1.54, 1.807) is 24.3 Å². The number of nitrogens with one attached hydrogen (secondary N) is 1. The minimum atomic E-state index is -0.496. The fraction of sp³-hybridized carbons (Fsp3) is 0.133. The summed E-state index contributed by atoms with van der Waals surface area (Å²) in [4.78, 5) is 31.3. The van der Waals surface area contributed by atoms with Crippen LogP contribution in [0, 0.1) is 6.92 Å². The zero-order valence-corrected chi connectivity index (χ0v) is 13.1. The molecule has 0 aliphatic heterocycles. The maximum atomic E-state index is 12.0. The zero-order chi connectivity index (χ0) is 15.7. The Morgan fingerprint density at radius 3 is 2.91 bits per heavy atom. The number of H-pyrrole nitrogens is 1. The molecule has 0 radical (unpaired) electrons. The van der Waals surface area contributed by atoms with E-state index in [2.05, 4.69) is 9.97 Å². The van der Waals surface area contributed by atoms with Crippen LogP contribution in [-0.4, -0.2) is 15.9 Å². The fourth-order valence-corrected chi connectivity index (χ4v) is 2.99. The summed E-state index contributed by atoms with van der Waals surface area (Å²) in [6, 6.07) is 8.60. The molecule has 2 heterocycles. The SMILES string of the molecule is Cc1cccc2c(=O)[nH]c(COC(=O)c3ccc(Cl)s3)nc12. The molecule has 5 nitrogen and oxygen atoms in total. The van der Waals surface area contributed by atoms with Gasteiger partial charge < -0.3 is 9.72 Å². The lowest BCUT2D eigenvalue weighted by Gasteiger charge is -2.05. The number of ether oxygens (including phenoxy) is 1. The lowest BCUT2D eigenvalue weighted by atomic mass is 10.1. The Bertz CT molecular complexity index is 917. The second-order valence-electron chi connectivity index (χ2n) is 4.66. The minimum absolute atomic E-state index is 0.103. The van der Waals surface area contributed by atoms with Crippen LogP contribution in [0.15, 0.2) is 35.1 Å². The number of para-hydroxylation sites is 1. The third-order valence-electron chi connectivity index (χ3n) is 3.10. The molecule has 1 N–H and O–H groups in total. The highest BCUT2D eigenvalue weighted by atomic mass is 35.5. The molecule has 3 aromatic rings. The highest BCUT2D eigenvalue weighted by Gasteiger charge is 2.12. The molecule has 0 aliphatic carbocycles. The van der Waals surface area contributed by atoms with Crippen molar-refractivity contribution in [3.8, 4) is 0 Å². The summed E-state index contributed by atoms with van der Waals surface area (Å²) in [7, 11) is 0. The van der Waals surface area contributed by atoms with Crippen LogP contribution >= 0.6 is 22.9 Å². The molecule has 0 amide bonds. The summed E-state index contributed by atoms with van der Waals surface area (Å²) in [6.45, 7) is 1.77. The molecule has 1 aromatic carbocycles. The number of nitrogens with zero attached hydrogens (tertiary/aromatic N) is 1. The lowest BCUT2D eigenvalue weighted by molar-refractivity contribution is 0.0468. The second-order valence-corrected chi connectivity index (χ2v) is 6.38. The van der Waals surface area contributed by atoms with E-state index < -0.39 is 5.97 Å². The molecule has 0 unspecified atom stereocenters. The molecule has 0 bridgehead atoms. The van der Waals surface area contributed by atoms with Crippen LogP contribution in [0.1, 0.15) is 21.1 Å². The number of benzene rings is 1. The summed E-state index contributed by atoms with van der Waals surface area (Å²) >= 11 is 6.91. The first kappa shape index (κ1) is 14.7. The van der Waals surface area contributed by atoms with E-state index in [-0.39, 0.29) is 12.2 Å². The third kappa shape index (κ3) is 2.88. The Kier molecular flexibility index (Phi) is 3.96. The Morgan fingerprint density at radius 1 is 1.36 bits per heavy atom. The minimum Gasteiger partial charge on any atom is -0.453 e. The number of carbonyl (C=O) groups is 1. The maximum absolute atomic E-state index is 12.0. The van der Waals surface area contributed by atoms with Gasteiger partial charge >= 0.3 is 5.97 Å². The van der Waals surface area contributed by atoms with Gasteiger partial charge in [0, 0.05) is 0 Å². The molecule has 2 aromatic heterocycles. The van der Waals surface area contributed by atoms with Gasteiger partial charge in [-0.3, -0.25) is 4.79 Å². The van der Waals surface area contributed by atoms with Gasteiger partial charge in [-0.05, 0) is 30.7 Å². The van der Waals surface area contributed by atoms with Crippen molar-refractivity contribution in [1.29, 1.82) is 0 Å². The standard InChI is InChI=1S/C15H11ClN2O3S/c1-8-3-2-4-9-13(8)17-12(18-14(9)19)7-21-15(20)10-5-6-11(16)22-10/h2-6H,7H2,1H3,(H,17,18,19). The molecule has 112 valence electrons. The van der Waals surface area contributed by atoms with Gasteiger partial charge in [0.15, 0.2) is 0 Å². The molecule has 0 spiro atoms. The number of rotatable bonds is 3. The van der Waals surface area contributed by atoms with Gasteiger partial charge in [-0.2, -0.15) is 0 Å². The van der Waals surface area contributed by atoms with Crippen molar-refractivity contribution in [2.24, 2.45) is 0 Å². The van der Waals surface area contributed by atoms with Crippen LogP contribution in [0.5, 0.6) is 0 Å². The van der Waals surface area contributed by atoms with Crippen LogP contribution in [0.25, 0.3) is 10.9 Å². The van der Waals surface area contributed by atoms with Crippen molar-refractivity contribution in [1.82, 2.24) is 9.97 Å². The number of thiophene rings is 1. The van der Waals surface area contributed by atoms with Crippen LogP contribution in [0.3, 0.4) is 0 Å². The zero-order valence-electron chi connectivity index (χ0n) is 11.6. The fourth-order valence-electron chi connectivity index (χ4n) is 2.05. The lowest BCUT2D eigenvalue weighted by Crippen LogP contribution is -2.14. The number of aromatic nitrogens is 2. The summed E-state index contributed by atoms with van der Waals surface area (Å²) in [5.41, 5.74) is 1.25. The predicted octanol–water partition coefficient (Wildman–Crippen LogP) is 3.30. The van der Waals surface area contributed by atoms with Crippen molar-refractivity contribution in [3.63, 3.8) is 0 Å². The molecule has 0 atom stereocenters. The van der Waals surface area contributed by atoms with Gasteiger partial charge in [-0.1, -0.05) is 23.7 Å². The summed E-state index contributed by atoms with van der Waals surface area (Å²) in [5, 5.41) is 0.514. The second kappa shape index (κ2) is 5.90. The van der Waals surface area contributed by atoms with Crippen LogP contribution in [-0.2, 0) is 11.3 Å². The van der Waals surface area contributed by atoms with E-state index >= 15 is 0 Å². The molecule has 3 rings (SSSR count). The van der Waals surface area contributed by atoms with Crippen LogP contribution < -0.4 is 5.56 Å². The number of fused-ring (bicyclic) bond motifs is 1. The smallest absolute Gasteiger partial charge is 0.348 e. The normalized spacial score (nSPS) is 10.8. The van der Waals surface area contributed by atoms with Crippen molar-refractivity contribution in [3.05, 3.63) is 61.3 Å². The number of carbonyl (C=O) groups excluding carboxylic acids is 1. The number of aryl methyl sites for hydroxylation is 1. The third-order valence-corrected chi connectivity index (χ3v) is 4.31. The number of esters is 1. The van der Waals surface area contributed by atoms with Gasteiger partial charge in [-0.25, -0.2) is 9.78 Å². The predicted molar refractivity (Wildman–Crippen MR) is 85.5 cm³/mol. The monoisotopic (exact) mass is 334 g/mol. The molecular weight excluding hydrogens is 324 g/mol. The summed E-state index contributed by atoms with van der Waals surface area (Å²) in [5.74, 6) is -0.188. The molecule has 0 saturated carbocycles. The maximum Gasteiger partial charge on any atom is 0.348 e. The average Bonchev–Trinajstić information content (AvgIpc) is 2.93. The molecule has 0 aliphatic rings. The molecule has 0 saturated heterocycles. The van der Waals surface area contributed by atoms with Crippen molar-refractivity contribution in [2.45, 2.75) is 13.5 Å². The van der Waals surface area contributed by atoms with Crippen LogP contribution in [0.4, 0.5) is 0 Å². The number of aromatic amines is 1. The van der Waals surface area contributed by atoms with E-state index in [0.717, 1.165) is 16.9 Å². The van der Waals surface area contributed by atoms with Crippen LogP contribution in [0.2, 0.25) is 4.34 Å². The topological polar surface area (TPSA) is 72.1 Å². The van der Waals surface area contributed by atoms with Gasteiger partial charge in [0.05, 0.1) is 15.2 Å². The van der Waals surface area contributed by atoms with Crippen molar-refractivity contribution < 1.29 is 9.53 Å². The Balaban J connectivity index is 1.84. The van der Waals surface area contributed by atoms with E-state index in [1.807, 2.05) is 13.0 Å². The molecule has 7 heteroatoms. The highest BCUT2D eigenvalue weighted by molar-refractivity contribution is 7.17. The summed E-state index contributed by atoms with van der Waals surface area (Å²) in [6.07, 6.45) is 0. The van der Waals surface area contributed by atoms with E-state index in [0.29, 0.717) is 25.9 Å².